The number of carboxylic acids is 1. The molecule has 0 aliphatic carbocycles. The molecule has 1 aliphatic heterocycles. The third kappa shape index (κ3) is 6.56. The lowest BCUT2D eigenvalue weighted by molar-refractivity contribution is -0.147. The summed E-state index contributed by atoms with van der Waals surface area (Å²) in [6.07, 6.45) is 3.06. The van der Waals surface area contributed by atoms with Crippen LogP contribution in [0.1, 0.15) is 31.2 Å². The molecule has 1 fully saturated rings. The molecule has 8 heteroatoms. The molecular weight excluding hydrogens is 355 g/mol. The van der Waals surface area contributed by atoms with E-state index in [4.69, 9.17) is 15.4 Å². The summed E-state index contributed by atoms with van der Waals surface area (Å²) in [7, 11) is -2.50. The number of hydrogen-bond acceptors (Lipinski definition) is 5. The molecule has 1 aliphatic rings. The highest BCUT2D eigenvalue weighted by molar-refractivity contribution is 7.40. The lowest BCUT2D eigenvalue weighted by atomic mass is 10.0. The summed E-state index contributed by atoms with van der Waals surface area (Å²) in [6, 6.07) is 9.18. The minimum absolute atomic E-state index is 0.00545. The number of carboxylic acid groups (broad SMARTS) is 1. The molecule has 26 heavy (non-hydrogen) atoms. The first-order chi connectivity index (χ1) is 12.5. The highest BCUT2D eigenvalue weighted by Gasteiger charge is 2.34. The topological polar surface area (TPSA) is 110 Å². The van der Waals surface area contributed by atoms with Gasteiger partial charge in [-0.05, 0) is 37.7 Å². The summed E-state index contributed by atoms with van der Waals surface area (Å²) in [4.78, 5) is 24.5. The molecule has 0 spiro atoms. The Morgan fingerprint density at radius 3 is 2.77 bits per heavy atom. The van der Waals surface area contributed by atoms with Crippen LogP contribution in [0.2, 0.25) is 0 Å². The van der Waals surface area contributed by atoms with Gasteiger partial charge in [0.15, 0.2) is 0 Å². The second-order valence-electron chi connectivity index (χ2n) is 6.57. The molecule has 0 radical (unpaired) electrons. The fraction of sp³-hybridized carbons (Fsp3) is 0.556. The highest BCUT2D eigenvalue weighted by Crippen LogP contribution is 2.26. The quantitative estimate of drug-likeness (QED) is 0.472. The van der Waals surface area contributed by atoms with Crippen molar-refractivity contribution in [1.29, 1.82) is 0 Å². The van der Waals surface area contributed by atoms with Gasteiger partial charge < -0.3 is 20.3 Å². The Morgan fingerprint density at radius 1 is 1.35 bits per heavy atom. The number of rotatable bonds is 10. The van der Waals surface area contributed by atoms with Gasteiger partial charge >= 0.3 is 5.97 Å². The summed E-state index contributed by atoms with van der Waals surface area (Å²) in [5.41, 5.74) is 7.27. The molecule has 7 nitrogen and oxygen atoms in total. The van der Waals surface area contributed by atoms with Crippen LogP contribution in [0.3, 0.4) is 0 Å². The maximum Gasteiger partial charge on any atom is 0.326 e. The maximum atomic E-state index is 12.1. The maximum absolute atomic E-state index is 12.1. The van der Waals surface area contributed by atoms with Gasteiger partial charge in [0.1, 0.15) is 12.2 Å². The number of likely N-dealkylation sites (tertiary alicyclic amines) is 1. The largest absolute Gasteiger partial charge is 0.480 e. The molecule has 3 atom stereocenters. The van der Waals surface area contributed by atoms with E-state index in [9.17, 15) is 14.2 Å². The van der Waals surface area contributed by atoms with Crippen molar-refractivity contribution in [2.75, 3.05) is 19.3 Å². The normalized spacial score (nSPS) is 19.3. The van der Waals surface area contributed by atoms with Gasteiger partial charge in [0.2, 0.25) is 13.9 Å². The van der Waals surface area contributed by atoms with E-state index in [0.29, 0.717) is 25.8 Å². The first-order valence-corrected chi connectivity index (χ1v) is 10.5. The molecule has 1 amide bonds. The first kappa shape index (κ1) is 20.6. The summed E-state index contributed by atoms with van der Waals surface area (Å²) in [6.45, 7) is 0.690. The van der Waals surface area contributed by atoms with E-state index in [0.717, 1.165) is 12.8 Å². The Kier molecular flexibility index (Phi) is 8.29. The molecule has 1 saturated heterocycles. The number of nitrogens with two attached hydrogens (primary N) is 1. The zero-order valence-corrected chi connectivity index (χ0v) is 15.8. The van der Waals surface area contributed by atoms with Gasteiger partial charge in [-0.15, -0.1) is 0 Å². The molecule has 1 aromatic carbocycles. The molecule has 0 saturated carbocycles. The molecule has 1 aromatic rings. The minimum Gasteiger partial charge on any atom is -0.480 e. The predicted octanol–water partition coefficient (Wildman–Crippen LogP) is 1.90. The standard InChI is InChI=1S/C18H27N2O5P/c19-15(12-14-6-2-1-3-7-14)8-5-11-25-26(24)13-17(21)20-10-4-9-16(20)18(22)23/h1-3,6-7,15-16,26H,4-5,8-13,19H2,(H,22,23)/t15?,16-/m0/s1. The van der Waals surface area contributed by atoms with Gasteiger partial charge in [0, 0.05) is 12.6 Å². The number of aliphatic carboxylic acids is 1. The SMILES string of the molecule is NC(CCCO[PH](=O)CC(=O)N1CCC[C@H]1C(=O)O)Cc1ccccc1. The van der Waals surface area contributed by atoms with Gasteiger partial charge in [0.05, 0.1) is 6.61 Å². The fourth-order valence-corrected chi connectivity index (χ4v) is 4.07. The number of amides is 1. The van der Waals surface area contributed by atoms with Crippen LogP contribution in [-0.2, 0) is 25.1 Å². The molecule has 1 heterocycles. The van der Waals surface area contributed by atoms with Crippen LogP contribution >= 0.6 is 8.03 Å². The third-order valence-electron chi connectivity index (χ3n) is 4.48. The average molecular weight is 382 g/mol. The fourth-order valence-electron chi connectivity index (χ4n) is 3.15. The van der Waals surface area contributed by atoms with E-state index in [1.165, 1.54) is 10.5 Å². The van der Waals surface area contributed by atoms with Crippen molar-refractivity contribution in [3.8, 4) is 0 Å². The highest BCUT2D eigenvalue weighted by atomic mass is 31.1. The van der Waals surface area contributed by atoms with Crippen LogP contribution in [-0.4, -0.2) is 53.3 Å². The lowest BCUT2D eigenvalue weighted by Gasteiger charge is -2.21. The van der Waals surface area contributed by atoms with Crippen LogP contribution in [0.5, 0.6) is 0 Å². The second-order valence-corrected chi connectivity index (χ2v) is 7.96. The van der Waals surface area contributed by atoms with Crippen molar-refractivity contribution in [2.45, 2.75) is 44.2 Å². The van der Waals surface area contributed by atoms with E-state index in [1.807, 2.05) is 30.3 Å². The van der Waals surface area contributed by atoms with Crippen molar-refractivity contribution in [2.24, 2.45) is 5.73 Å². The number of carbonyl (C=O) groups is 2. The van der Waals surface area contributed by atoms with Crippen LogP contribution in [0.4, 0.5) is 0 Å². The molecule has 2 rings (SSSR count). The predicted molar refractivity (Wildman–Crippen MR) is 99.5 cm³/mol. The van der Waals surface area contributed by atoms with Crippen molar-refractivity contribution in [3.05, 3.63) is 35.9 Å². The Labute approximate surface area is 154 Å². The Bertz CT molecular complexity index is 625. The monoisotopic (exact) mass is 382 g/mol. The molecule has 2 unspecified atom stereocenters. The smallest absolute Gasteiger partial charge is 0.326 e. The summed E-state index contributed by atoms with van der Waals surface area (Å²) < 4.78 is 17.2. The van der Waals surface area contributed by atoms with Crippen LogP contribution in [0.15, 0.2) is 30.3 Å². The molecule has 0 aromatic heterocycles. The molecule has 3 N–H and O–H groups in total. The summed E-state index contributed by atoms with van der Waals surface area (Å²) >= 11 is 0. The molecule has 0 bridgehead atoms. The number of hydrogen-bond donors (Lipinski definition) is 2. The zero-order valence-electron chi connectivity index (χ0n) is 14.8. The second kappa shape index (κ2) is 10.5. The molecule has 144 valence electrons. The van der Waals surface area contributed by atoms with E-state index in [2.05, 4.69) is 0 Å². The molecular formula is C18H27N2O5P. The first-order valence-electron chi connectivity index (χ1n) is 8.94. The van der Waals surface area contributed by atoms with Crippen molar-refractivity contribution >= 4 is 19.9 Å². The Hall–Kier alpha value is -1.69. The van der Waals surface area contributed by atoms with E-state index < -0.39 is 25.9 Å². The van der Waals surface area contributed by atoms with Crippen molar-refractivity contribution in [1.82, 2.24) is 4.90 Å². The van der Waals surface area contributed by atoms with E-state index >= 15 is 0 Å². The summed E-state index contributed by atoms with van der Waals surface area (Å²) in [5.74, 6) is -1.41. The minimum atomic E-state index is -2.50. The van der Waals surface area contributed by atoms with E-state index in [1.54, 1.807) is 0 Å². The van der Waals surface area contributed by atoms with Gasteiger partial charge in [-0.2, -0.15) is 0 Å². The number of benzene rings is 1. The average Bonchev–Trinajstić information content (AvgIpc) is 3.10. The van der Waals surface area contributed by atoms with Crippen LogP contribution < -0.4 is 5.73 Å². The van der Waals surface area contributed by atoms with Crippen LogP contribution in [0, 0.1) is 0 Å². The third-order valence-corrected chi connectivity index (χ3v) is 5.59. The Morgan fingerprint density at radius 2 is 2.08 bits per heavy atom. The van der Waals surface area contributed by atoms with Gasteiger partial charge in [0.25, 0.3) is 0 Å². The van der Waals surface area contributed by atoms with Crippen LogP contribution in [0.25, 0.3) is 0 Å². The Balaban J connectivity index is 1.62. The zero-order chi connectivity index (χ0) is 18.9. The van der Waals surface area contributed by atoms with Gasteiger partial charge in [-0.25, -0.2) is 4.79 Å². The number of nitrogens with zero attached hydrogens (tertiary/aromatic N) is 1. The lowest BCUT2D eigenvalue weighted by Crippen LogP contribution is -2.41. The van der Waals surface area contributed by atoms with Gasteiger partial charge in [-0.3, -0.25) is 9.36 Å². The number of carbonyl (C=O) groups excluding carboxylic acids is 1. The summed E-state index contributed by atoms with van der Waals surface area (Å²) in [5, 5.41) is 9.09. The van der Waals surface area contributed by atoms with E-state index in [-0.39, 0.29) is 18.8 Å². The van der Waals surface area contributed by atoms with Crippen molar-refractivity contribution < 1.29 is 23.8 Å². The van der Waals surface area contributed by atoms with Gasteiger partial charge in [-0.1, -0.05) is 30.3 Å². The van der Waals surface area contributed by atoms with Crippen molar-refractivity contribution in [3.63, 3.8) is 0 Å².